The third-order valence-corrected chi connectivity index (χ3v) is 10.7. The molecule has 1 amide bonds. The summed E-state index contributed by atoms with van der Waals surface area (Å²) in [6.07, 6.45) is 9.26. The maximum absolute atomic E-state index is 13.9. The lowest BCUT2D eigenvalue weighted by atomic mass is 9.44. The Hall–Kier alpha value is -1.69. The van der Waals surface area contributed by atoms with Gasteiger partial charge in [0.1, 0.15) is 0 Å². The molecule has 0 unspecified atom stereocenters. The normalized spacial score (nSPS) is 44.5. The number of halogens is 2. The molecule has 4 saturated carbocycles. The van der Waals surface area contributed by atoms with E-state index in [-0.39, 0.29) is 34.0 Å². The highest BCUT2D eigenvalue weighted by atomic mass is 19.2. The second-order valence-corrected chi connectivity index (χ2v) is 12.3. The third-order valence-electron chi connectivity index (χ3n) is 10.7. The van der Waals surface area contributed by atoms with Crippen molar-refractivity contribution in [1.29, 1.82) is 0 Å². The average molecular weight is 461 g/mol. The van der Waals surface area contributed by atoms with Crippen LogP contribution in [0.1, 0.15) is 78.6 Å². The van der Waals surface area contributed by atoms with Gasteiger partial charge in [0.15, 0.2) is 11.6 Å². The van der Waals surface area contributed by atoms with Crippen molar-refractivity contribution in [2.45, 2.75) is 84.2 Å². The van der Waals surface area contributed by atoms with Crippen molar-refractivity contribution in [2.75, 3.05) is 11.1 Å². The van der Waals surface area contributed by atoms with Crippen molar-refractivity contribution in [2.24, 2.45) is 40.4 Å². The highest BCUT2D eigenvalue weighted by molar-refractivity contribution is 5.96. The Morgan fingerprint density at radius 2 is 1.73 bits per heavy atom. The summed E-state index contributed by atoms with van der Waals surface area (Å²) in [6.45, 7) is 6.74. The minimum absolute atomic E-state index is 0.0814. The van der Waals surface area contributed by atoms with Gasteiger partial charge in [-0.3, -0.25) is 4.79 Å². The van der Waals surface area contributed by atoms with Crippen molar-refractivity contribution in [3.05, 3.63) is 23.8 Å². The highest BCUT2D eigenvalue weighted by Crippen LogP contribution is 2.68. The van der Waals surface area contributed by atoms with E-state index < -0.39 is 17.2 Å². The molecule has 0 bridgehead atoms. The smallest absolute Gasteiger partial charge is 0.228 e. The Bertz CT molecular complexity index is 966. The first-order valence-corrected chi connectivity index (χ1v) is 12.7. The van der Waals surface area contributed by atoms with Crippen molar-refractivity contribution in [3.63, 3.8) is 0 Å². The lowest BCUT2D eigenvalue weighted by Gasteiger charge is -2.61. The van der Waals surface area contributed by atoms with Crippen molar-refractivity contribution in [3.8, 4) is 0 Å². The molecule has 33 heavy (non-hydrogen) atoms. The molecule has 5 rings (SSSR count). The quantitative estimate of drug-likeness (QED) is 0.481. The summed E-state index contributed by atoms with van der Waals surface area (Å²) in [5.74, 6) is -0.00450. The summed E-state index contributed by atoms with van der Waals surface area (Å²) in [5, 5.41) is 13.5. The van der Waals surface area contributed by atoms with E-state index in [2.05, 4.69) is 19.2 Å². The van der Waals surface area contributed by atoms with Gasteiger partial charge in [-0.25, -0.2) is 8.78 Å². The van der Waals surface area contributed by atoms with Crippen LogP contribution in [0.5, 0.6) is 0 Å². The molecular weight excluding hydrogens is 422 g/mol. The molecule has 1 aromatic rings. The molecule has 4 fully saturated rings. The van der Waals surface area contributed by atoms with Gasteiger partial charge >= 0.3 is 0 Å². The van der Waals surface area contributed by atoms with Gasteiger partial charge in [-0.2, -0.15) is 0 Å². The Balaban J connectivity index is 1.35. The molecule has 8 atom stereocenters. The van der Waals surface area contributed by atoms with E-state index >= 15 is 0 Å². The van der Waals surface area contributed by atoms with Crippen LogP contribution in [0.15, 0.2) is 12.1 Å². The summed E-state index contributed by atoms with van der Waals surface area (Å²) in [4.78, 5) is 13.3. The zero-order valence-electron chi connectivity index (χ0n) is 20.1. The van der Waals surface area contributed by atoms with Crippen LogP contribution in [0.3, 0.4) is 0 Å². The van der Waals surface area contributed by atoms with Gasteiger partial charge in [0.2, 0.25) is 5.91 Å². The van der Waals surface area contributed by atoms with Crippen LogP contribution in [0.2, 0.25) is 0 Å². The number of benzene rings is 1. The number of nitrogens with one attached hydrogen (secondary N) is 1. The number of rotatable bonds is 2. The number of hydrogen-bond donors (Lipinski definition) is 3. The molecule has 4 aliphatic carbocycles. The van der Waals surface area contributed by atoms with Gasteiger partial charge in [-0.15, -0.1) is 0 Å². The van der Waals surface area contributed by atoms with Crippen molar-refractivity contribution in [1.82, 2.24) is 0 Å². The minimum Gasteiger partial charge on any atom is -0.395 e. The monoisotopic (exact) mass is 460 g/mol. The zero-order valence-corrected chi connectivity index (χ0v) is 20.1. The first kappa shape index (κ1) is 23.1. The molecule has 4 aliphatic rings. The van der Waals surface area contributed by atoms with E-state index in [1.165, 1.54) is 18.9 Å². The Kier molecular flexibility index (Phi) is 5.35. The molecule has 0 aliphatic heterocycles. The molecule has 1 aromatic carbocycles. The second-order valence-electron chi connectivity index (χ2n) is 12.3. The van der Waals surface area contributed by atoms with E-state index in [1.807, 2.05) is 6.92 Å². The molecule has 0 aromatic heterocycles. The fourth-order valence-corrected chi connectivity index (χ4v) is 8.76. The van der Waals surface area contributed by atoms with Gasteiger partial charge in [-0.05, 0) is 111 Å². The Labute approximate surface area is 195 Å². The number of carbonyl (C=O) groups excluding carboxylic acids is 1. The lowest BCUT2D eigenvalue weighted by Crippen LogP contribution is -2.55. The van der Waals surface area contributed by atoms with E-state index in [1.54, 1.807) is 0 Å². The van der Waals surface area contributed by atoms with Crippen LogP contribution in [0, 0.1) is 52.1 Å². The molecular formula is C27H38F2N2O2. The standard InChI is InChI=1S/C27H38F2N2O2/c1-25(33)12-13-26(2)15(14-25)4-5-16-17-6-7-19(27(17,3)11-10-18(16)26)24(32)31-21-9-8-20(28)22(29)23(21)30/h8-9,15-19,33H,4-7,10-14,30H2,1-3H3,(H,31,32)/t15-,16-,17-,18-,19+,25+,26-,27-/m0/s1. The SMILES string of the molecule is C[C@@]1(O)CC[C@@]2(C)[C@@H](CC[C@@H]3[C@@H]2CC[C@]2(C)[C@@H](C(=O)Nc4ccc(F)c(F)c4N)CC[C@@H]32)C1. The third kappa shape index (κ3) is 3.50. The Morgan fingerprint density at radius 1 is 1.00 bits per heavy atom. The van der Waals surface area contributed by atoms with Gasteiger partial charge in [0.05, 0.1) is 17.0 Å². The molecule has 0 heterocycles. The van der Waals surface area contributed by atoms with Gasteiger partial charge < -0.3 is 16.2 Å². The fourth-order valence-electron chi connectivity index (χ4n) is 8.76. The van der Waals surface area contributed by atoms with Crippen molar-refractivity contribution < 1.29 is 18.7 Å². The number of hydrogen-bond acceptors (Lipinski definition) is 3. The number of nitrogens with two attached hydrogens (primary N) is 1. The molecule has 0 saturated heterocycles. The van der Waals surface area contributed by atoms with Crippen LogP contribution in [0.4, 0.5) is 20.2 Å². The summed E-state index contributed by atoms with van der Waals surface area (Å²) >= 11 is 0. The fraction of sp³-hybridized carbons (Fsp3) is 0.741. The summed E-state index contributed by atoms with van der Waals surface area (Å²) in [5.41, 5.74) is 5.22. The number of fused-ring (bicyclic) bond motifs is 5. The van der Waals surface area contributed by atoms with E-state index in [0.717, 1.165) is 51.0 Å². The molecule has 4 N–H and O–H groups in total. The summed E-state index contributed by atoms with van der Waals surface area (Å²) in [6, 6.07) is 2.35. The number of anilines is 2. The summed E-state index contributed by atoms with van der Waals surface area (Å²) < 4.78 is 27.3. The number of carbonyl (C=O) groups is 1. The van der Waals surface area contributed by atoms with E-state index in [4.69, 9.17) is 5.73 Å². The molecule has 6 heteroatoms. The number of aliphatic hydroxyl groups is 1. The maximum atomic E-state index is 13.9. The summed E-state index contributed by atoms with van der Waals surface area (Å²) in [7, 11) is 0. The van der Waals surface area contributed by atoms with Crippen LogP contribution in [-0.4, -0.2) is 16.6 Å². The molecule has 0 spiro atoms. The first-order valence-electron chi connectivity index (χ1n) is 12.7. The van der Waals surface area contributed by atoms with Crippen molar-refractivity contribution >= 4 is 17.3 Å². The predicted octanol–water partition coefficient (Wildman–Crippen LogP) is 5.90. The van der Waals surface area contributed by atoms with E-state index in [9.17, 15) is 18.7 Å². The van der Waals surface area contributed by atoms with Crippen LogP contribution >= 0.6 is 0 Å². The minimum atomic E-state index is -1.11. The molecule has 182 valence electrons. The van der Waals surface area contributed by atoms with Gasteiger partial charge in [0.25, 0.3) is 0 Å². The Morgan fingerprint density at radius 3 is 2.48 bits per heavy atom. The van der Waals surface area contributed by atoms with Crippen LogP contribution < -0.4 is 11.1 Å². The number of amides is 1. The zero-order chi connectivity index (χ0) is 23.8. The maximum Gasteiger partial charge on any atom is 0.228 e. The van der Waals surface area contributed by atoms with E-state index in [0.29, 0.717) is 23.7 Å². The van der Waals surface area contributed by atoms with Crippen LogP contribution in [0.25, 0.3) is 0 Å². The molecule has 0 radical (unpaired) electrons. The first-order chi connectivity index (χ1) is 15.5. The van der Waals surface area contributed by atoms with Crippen LogP contribution in [-0.2, 0) is 4.79 Å². The molecule has 4 nitrogen and oxygen atoms in total. The number of nitrogen functional groups attached to an aromatic ring is 1. The topological polar surface area (TPSA) is 75.3 Å². The highest BCUT2D eigenvalue weighted by Gasteiger charge is 2.61. The van der Waals surface area contributed by atoms with Gasteiger partial charge in [-0.1, -0.05) is 13.8 Å². The largest absolute Gasteiger partial charge is 0.395 e. The lowest BCUT2D eigenvalue weighted by molar-refractivity contribution is -0.149. The predicted molar refractivity (Wildman–Crippen MR) is 125 cm³/mol. The average Bonchev–Trinajstić information content (AvgIpc) is 3.12. The second kappa shape index (κ2) is 7.66. The van der Waals surface area contributed by atoms with Gasteiger partial charge in [0, 0.05) is 5.92 Å².